The van der Waals surface area contributed by atoms with Crippen LogP contribution >= 0.6 is 0 Å². The van der Waals surface area contributed by atoms with Crippen molar-refractivity contribution in [2.24, 2.45) is 0 Å². The summed E-state index contributed by atoms with van der Waals surface area (Å²) in [4.78, 5) is 0. The van der Waals surface area contributed by atoms with E-state index in [2.05, 4.69) is 15.8 Å². The summed E-state index contributed by atoms with van der Waals surface area (Å²) in [6.07, 6.45) is 2.65. The minimum absolute atomic E-state index is 0.815. The molecule has 2 heterocycles. The van der Waals surface area contributed by atoms with Crippen molar-refractivity contribution in [2.75, 3.05) is 26.2 Å². The van der Waals surface area contributed by atoms with Crippen LogP contribution in [0.5, 0.6) is 0 Å². The van der Waals surface area contributed by atoms with Crippen molar-refractivity contribution in [1.82, 2.24) is 15.8 Å². The van der Waals surface area contributed by atoms with Crippen molar-refractivity contribution >= 4 is 0 Å². The topological polar surface area (TPSA) is 27.3 Å². The highest BCUT2D eigenvalue weighted by Crippen LogP contribution is 2.12. The van der Waals surface area contributed by atoms with Crippen LogP contribution in [0.3, 0.4) is 0 Å². The molecular formula is C7H15N3. The van der Waals surface area contributed by atoms with Crippen molar-refractivity contribution in [1.29, 1.82) is 0 Å². The highest BCUT2D eigenvalue weighted by atomic mass is 15.5. The van der Waals surface area contributed by atoms with Crippen LogP contribution in [-0.2, 0) is 0 Å². The van der Waals surface area contributed by atoms with Gasteiger partial charge in [-0.2, -0.15) is 0 Å². The fourth-order valence-corrected chi connectivity index (χ4v) is 1.81. The molecule has 2 aliphatic heterocycles. The third-order valence-electron chi connectivity index (χ3n) is 2.42. The first kappa shape index (κ1) is 6.58. The summed E-state index contributed by atoms with van der Waals surface area (Å²) in [6.45, 7) is 4.70. The molecule has 2 fully saturated rings. The summed E-state index contributed by atoms with van der Waals surface area (Å²) < 4.78 is 0. The largest absolute Gasteiger partial charge is 0.315 e. The zero-order chi connectivity index (χ0) is 6.81. The number of hydrogen-bond acceptors (Lipinski definition) is 3. The van der Waals surface area contributed by atoms with Crippen LogP contribution in [0, 0.1) is 0 Å². The molecule has 1 unspecified atom stereocenters. The quantitative estimate of drug-likeness (QED) is 0.479. The summed E-state index contributed by atoms with van der Waals surface area (Å²) >= 11 is 0. The van der Waals surface area contributed by atoms with E-state index in [-0.39, 0.29) is 0 Å². The molecule has 0 saturated carbocycles. The van der Waals surface area contributed by atoms with E-state index in [0.29, 0.717) is 0 Å². The van der Waals surface area contributed by atoms with Crippen LogP contribution < -0.4 is 10.7 Å². The fraction of sp³-hybridized carbons (Fsp3) is 1.00. The Labute approximate surface area is 61.7 Å². The highest BCUT2D eigenvalue weighted by molar-refractivity contribution is 4.79. The van der Waals surface area contributed by atoms with E-state index >= 15 is 0 Å². The Bertz CT molecular complexity index is 103. The molecule has 2 aliphatic rings. The summed E-state index contributed by atoms with van der Waals surface area (Å²) in [5.74, 6) is 0. The van der Waals surface area contributed by atoms with Gasteiger partial charge in [0, 0.05) is 25.7 Å². The maximum absolute atomic E-state index is 3.39. The van der Waals surface area contributed by atoms with E-state index in [1.165, 1.54) is 32.5 Å². The Morgan fingerprint density at radius 1 is 1.10 bits per heavy atom. The Morgan fingerprint density at radius 2 is 2.00 bits per heavy atom. The average Bonchev–Trinajstić information content (AvgIpc) is 2.28. The molecule has 2 saturated heterocycles. The fourth-order valence-electron chi connectivity index (χ4n) is 1.81. The molecule has 58 valence electrons. The standard InChI is InChI=1S/C7H15N3/c1-3-8-5-6-10-7(1)2-4-9-10/h7-9H,1-6H2. The maximum atomic E-state index is 3.39. The van der Waals surface area contributed by atoms with Crippen LogP contribution in [0.15, 0.2) is 0 Å². The van der Waals surface area contributed by atoms with Crippen LogP contribution in [-0.4, -0.2) is 37.2 Å². The predicted octanol–water partition coefficient (Wildman–Crippen LogP) is -0.441. The van der Waals surface area contributed by atoms with Crippen molar-refractivity contribution < 1.29 is 0 Å². The van der Waals surface area contributed by atoms with E-state index in [1.54, 1.807) is 0 Å². The average molecular weight is 141 g/mol. The molecule has 0 bridgehead atoms. The molecule has 10 heavy (non-hydrogen) atoms. The molecule has 0 aromatic heterocycles. The molecule has 0 spiro atoms. The van der Waals surface area contributed by atoms with Crippen LogP contribution in [0.1, 0.15) is 12.8 Å². The van der Waals surface area contributed by atoms with Gasteiger partial charge in [-0.05, 0) is 19.4 Å². The second-order valence-electron chi connectivity index (χ2n) is 3.08. The van der Waals surface area contributed by atoms with Gasteiger partial charge >= 0.3 is 0 Å². The molecule has 0 amide bonds. The summed E-state index contributed by atoms with van der Waals surface area (Å²) in [5, 5.41) is 5.78. The number of hydrogen-bond donors (Lipinski definition) is 2. The SMILES string of the molecule is C1CC2CCNN2CCN1. The first-order chi connectivity index (χ1) is 4.97. The lowest BCUT2D eigenvalue weighted by Crippen LogP contribution is -2.38. The minimum Gasteiger partial charge on any atom is -0.315 e. The first-order valence-corrected chi connectivity index (χ1v) is 4.18. The van der Waals surface area contributed by atoms with Crippen LogP contribution in [0.4, 0.5) is 0 Å². The zero-order valence-electron chi connectivity index (χ0n) is 6.27. The summed E-state index contributed by atoms with van der Waals surface area (Å²) in [6, 6.07) is 0.815. The van der Waals surface area contributed by atoms with Crippen LogP contribution in [0.25, 0.3) is 0 Å². The normalized spacial score (nSPS) is 35.4. The molecular weight excluding hydrogens is 126 g/mol. The summed E-state index contributed by atoms with van der Waals surface area (Å²) in [7, 11) is 0. The molecule has 0 aromatic carbocycles. The van der Waals surface area contributed by atoms with Crippen molar-refractivity contribution in [3.8, 4) is 0 Å². The predicted molar refractivity (Wildman–Crippen MR) is 40.6 cm³/mol. The number of fused-ring (bicyclic) bond motifs is 1. The molecule has 0 radical (unpaired) electrons. The van der Waals surface area contributed by atoms with Gasteiger partial charge in [-0.15, -0.1) is 0 Å². The molecule has 0 aliphatic carbocycles. The minimum atomic E-state index is 0.815. The Hall–Kier alpha value is -0.120. The lowest BCUT2D eigenvalue weighted by Gasteiger charge is -2.19. The van der Waals surface area contributed by atoms with E-state index in [4.69, 9.17) is 0 Å². The summed E-state index contributed by atoms with van der Waals surface area (Å²) in [5.41, 5.74) is 3.39. The number of rotatable bonds is 0. The third kappa shape index (κ3) is 1.17. The van der Waals surface area contributed by atoms with Gasteiger partial charge in [0.05, 0.1) is 0 Å². The highest BCUT2D eigenvalue weighted by Gasteiger charge is 2.24. The maximum Gasteiger partial charge on any atom is 0.0268 e. The number of nitrogens with one attached hydrogen (secondary N) is 2. The monoisotopic (exact) mass is 141 g/mol. The van der Waals surface area contributed by atoms with Gasteiger partial charge in [-0.25, -0.2) is 5.01 Å². The molecule has 3 heteroatoms. The van der Waals surface area contributed by atoms with Crippen LogP contribution in [0.2, 0.25) is 0 Å². The van der Waals surface area contributed by atoms with E-state index in [9.17, 15) is 0 Å². The second kappa shape index (κ2) is 2.86. The van der Waals surface area contributed by atoms with Gasteiger partial charge in [-0.1, -0.05) is 0 Å². The van der Waals surface area contributed by atoms with Gasteiger partial charge in [0.25, 0.3) is 0 Å². The Kier molecular flexibility index (Phi) is 1.88. The molecule has 2 N–H and O–H groups in total. The zero-order valence-corrected chi connectivity index (χ0v) is 6.27. The second-order valence-corrected chi connectivity index (χ2v) is 3.08. The molecule has 1 atom stereocenters. The Balaban J connectivity index is 1.95. The van der Waals surface area contributed by atoms with Crippen molar-refractivity contribution in [3.63, 3.8) is 0 Å². The molecule has 2 rings (SSSR count). The van der Waals surface area contributed by atoms with Gasteiger partial charge in [-0.3, -0.25) is 5.43 Å². The number of nitrogens with zero attached hydrogens (tertiary/aromatic N) is 1. The van der Waals surface area contributed by atoms with E-state index in [0.717, 1.165) is 12.6 Å². The van der Waals surface area contributed by atoms with Gasteiger partial charge in [0.15, 0.2) is 0 Å². The lowest BCUT2D eigenvalue weighted by molar-refractivity contribution is 0.199. The Morgan fingerprint density at radius 3 is 3.00 bits per heavy atom. The molecule has 0 aromatic rings. The van der Waals surface area contributed by atoms with Gasteiger partial charge in [0.2, 0.25) is 0 Å². The lowest BCUT2D eigenvalue weighted by atomic mass is 10.1. The van der Waals surface area contributed by atoms with Gasteiger partial charge in [0.1, 0.15) is 0 Å². The smallest absolute Gasteiger partial charge is 0.0268 e. The van der Waals surface area contributed by atoms with E-state index in [1.807, 2.05) is 0 Å². The number of hydrazine groups is 1. The first-order valence-electron chi connectivity index (χ1n) is 4.18. The van der Waals surface area contributed by atoms with Crippen molar-refractivity contribution in [2.45, 2.75) is 18.9 Å². The third-order valence-corrected chi connectivity index (χ3v) is 2.42. The molecule has 3 nitrogen and oxygen atoms in total. The van der Waals surface area contributed by atoms with Gasteiger partial charge < -0.3 is 5.32 Å². The van der Waals surface area contributed by atoms with E-state index < -0.39 is 0 Å². The van der Waals surface area contributed by atoms with Crippen molar-refractivity contribution in [3.05, 3.63) is 0 Å².